The van der Waals surface area contributed by atoms with Crippen LogP contribution in [0.15, 0.2) is 29.2 Å². The van der Waals surface area contributed by atoms with Crippen molar-refractivity contribution in [2.45, 2.75) is 18.2 Å². The first-order valence-electron chi connectivity index (χ1n) is 6.17. The molecule has 1 aromatic rings. The first kappa shape index (κ1) is 14.0. The second-order valence-electron chi connectivity index (χ2n) is 5.23. The zero-order valence-corrected chi connectivity index (χ0v) is 11.9. The van der Waals surface area contributed by atoms with Crippen LogP contribution >= 0.6 is 0 Å². The Morgan fingerprint density at radius 2 is 2.11 bits per heavy atom. The quantitative estimate of drug-likeness (QED) is 0.896. The van der Waals surface area contributed by atoms with E-state index in [9.17, 15) is 13.2 Å². The maximum atomic E-state index is 12.2. The minimum absolute atomic E-state index is 0.0356. The Morgan fingerprint density at radius 1 is 1.47 bits per heavy atom. The summed E-state index contributed by atoms with van der Waals surface area (Å²) in [6.45, 7) is 2.87. The number of nitrogens with zero attached hydrogens (tertiary/aromatic N) is 1. The smallest absolute Gasteiger partial charge is 0.253 e. The van der Waals surface area contributed by atoms with Gasteiger partial charge in [-0.1, -0.05) is 13.0 Å². The third-order valence-electron chi connectivity index (χ3n) is 3.54. The van der Waals surface area contributed by atoms with Gasteiger partial charge in [0.1, 0.15) is 0 Å². The second kappa shape index (κ2) is 4.94. The van der Waals surface area contributed by atoms with Crippen molar-refractivity contribution in [3.05, 3.63) is 29.8 Å². The van der Waals surface area contributed by atoms with E-state index >= 15 is 0 Å². The average Bonchev–Trinajstić information content (AvgIpc) is 3.03. The fraction of sp³-hybridized carbons (Fsp3) is 0.462. The molecule has 0 heterocycles. The molecule has 0 bridgehead atoms. The number of carbonyl (C=O) groups excluding carboxylic acids is 1. The highest BCUT2D eigenvalue weighted by molar-refractivity contribution is 7.89. The molecule has 1 fully saturated rings. The molecular formula is C13H18N2O3S. The monoisotopic (exact) mass is 282 g/mol. The van der Waals surface area contributed by atoms with Crippen LogP contribution in [0.3, 0.4) is 0 Å². The molecule has 1 aliphatic rings. The van der Waals surface area contributed by atoms with E-state index in [1.165, 1.54) is 18.2 Å². The van der Waals surface area contributed by atoms with Gasteiger partial charge in [-0.25, -0.2) is 13.6 Å². The first-order valence-corrected chi connectivity index (χ1v) is 7.72. The lowest BCUT2D eigenvalue weighted by Gasteiger charge is -2.17. The van der Waals surface area contributed by atoms with E-state index in [-0.39, 0.29) is 10.8 Å². The standard InChI is InChI=1S/C13H18N2O3S/c1-9-6-11(9)8-15(2)13(16)10-4-3-5-12(7-10)19(14,17)18/h3-5,7,9,11H,6,8H2,1-2H3,(H2,14,17,18). The number of benzene rings is 1. The second-order valence-corrected chi connectivity index (χ2v) is 6.79. The summed E-state index contributed by atoms with van der Waals surface area (Å²) >= 11 is 0. The Bertz CT molecular complexity index is 598. The Morgan fingerprint density at radius 3 is 2.63 bits per heavy atom. The van der Waals surface area contributed by atoms with Crippen molar-refractivity contribution in [2.75, 3.05) is 13.6 Å². The van der Waals surface area contributed by atoms with Gasteiger partial charge in [-0.15, -0.1) is 0 Å². The number of amides is 1. The van der Waals surface area contributed by atoms with Crippen LogP contribution in [-0.4, -0.2) is 32.8 Å². The van der Waals surface area contributed by atoms with Crippen LogP contribution in [0.5, 0.6) is 0 Å². The van der Waals surface area contributed by atoms with Crippen molar-refractivity contribution < 1.29 is 13.2 Å². The summed E-state index contributed by atoms with van der Waals surface area (Å²) in [7, 11) is -2.04. The molecule has 1 saturated carbocycles. The van der Waals surface area contributed by atoms with Crippen LogP contribution in [0.25, 0.3) is 0 Å². The fourth-order valence-corrected chi connectivity index (χ4v) is 2.67. The normalized spacial score (nSPS) is 22.1. The Balaban J connectivity index is 2.14. The lowest BCUT2D eigenvalue weighted by atomic mass is 10.2. The van der Waals surface area contributed by atoms with Gasteiger partial charge in [0.2, 0.25) is 10.0 Å². The van der Waals surface area contributed by atoms with Crippen molar-refractivity contribution in [3.63, 3.8) is 0 Å². The maximum Gasteiger partial charge on any atom is 0.253 e. The van der Waals surface area contributed by atoms with Gasteiger partial charge in [-0.05, 0) is 36.5 Å². The van der Waals surface area contributed by atoms with Crippen LogP contribution < -0.4 is 5.14 Å². The molecule has 6 heteroatoms. The predicted octanol–water partition coefficient (Wildman–Crippen LogP) is 1.06. The minimum Gasteiger partial charge on any atom is -0.341 e. The molecule has 19 heavy (non-hydrogen) atoms. The number of hydrogen-bond acceptors (Lipinski definition) is 3. The Kier molecular flexibility index (Phi) is 3.64. The minimum atomic E-state index is -3.77. The van der Waals surface area contributed by atoms with Crippen LogP contribution in [-0.2, 0) is 10.0 Å². The van der Waals surface area contributed by atoms with Gasteiger partial charge in [-0.3, -0.25) is 4.79 Å². The molecule has 0 radical (unpaired) electrons. The lowest BCUT2D eigenvalue weighted by molar-refractivity contribution is 0.0787. The molecule has 0 saturated heterocycles. The summed E-state index contributed by atoms with van der Waals surface area (Å²) in [5.74, 6) is 1.06. The molecular weight excluding hydrogens is 264 g/mol. The number of hydrogen-bond donors (Lipinski definition) is 1. The summed E-state index contributed by atoms with van der Waals surface area (Å²) in [6.07, 6.45) is 1.15. The summed E-state index contributed by atoms with van der Waals surface area (Å²) in [5, 5.41) is 5.06. The Hall–Kier alpha value is -1.40. The molecule has 1 aromatic carbocycles. The van der Waals surface area contributed by atoms with E-state index in [0.717, 1.165) is 6.42 Å². The molecule has 5 nitrogen and oxygen atoms in total. The molecule has 1 aliphatic carbocycles. The van der Waals surface area contributed by atoms with E-state index in [0.29, 0.717) is 23.9 Å². The third kappa shape index (κ3) is 3.33. The van der Waals surface area contributed by atoms with E-state index < -0.39 is 10.0 Å². The molecule has 2 N–H and O–H groups in total. The summed E-state index contributed by atoms with van der Waals surface area (Å²) in [6, 6.07) is 5.84. The topological polar surface area (TPSA) is 80.5 Å². The summed E-state index contributed by atoms with van der Waals surface area (Å²) < 4.78 is 22.5. The molecule has 2 rings (SSSR count). The fourth-order valence-electron chi connectivity index (χ4n) is 2.11. The number of sulfonamides is 1. The Labute approximate surface area is 113 Å². The molecule has 2 atom stereocenters. The van der Waals surface area contributed by atoms with Gasteiger partial charge < -0.3 is 4.90 Å². The zero-order valence-electron chi connectivity index (χ0n) is 11.0. The molecule has 0 spiro atoms. The number of rotatable bonds is 4. The highest BCUT2D eigenvalue weighted by Crippen LogP contribution is 2.38. The van der Waals surface area contributed by atoms with E-state index in [4.69, 9.17) is 5.14 Å². The summed E-state index contributed by atoms with van der Waals surface area (Å²) in [5.41, 5.74) is 0.349. The molecule has 0 aliphatic heterocycles. The van der Waals surface area contributed by atoms with Gasteiger partial charge in [0, 0.05) is 19.2 Å². The first-order chi connectivity index (χ1) is 8.79. The van der Waals surface area contributed by atoms with Gasteiger partial charge in [0.15, 0.2) is 0 Å². The van der Waals surface area contributed by atoms with Crippen molar-refractivity contribution in [1.29, 1.82) is 0 Å². The van der Waals surface area contributed by atoms with Crippen molar-refractivity contribution in [3.8, 4) is 0 Å². The van der Waals surface area contributed by atoms with Crippen LogP contribution in [0.1, 0.15) is 23.7 Å². The van der Waals surface area contributed by atoms with E-state index in [2.05, 4.69) is 6.92 Å². The SMILES string of the molecule is CC1CC1CN(C)C(=O)c1cccc(S(N)(=O)=O)c1. The molecule has 2 unspecified atom stereocenters. The van der Waals surface area contributed by atoms with Gasteiger partial charge in [-0.2, -0.15) is 0 Å². The highest BCUT2D eigenvalue weighted by atomic mass is 32.2. The predicted molar refractivity (Wildman–Crippen MR) is 72.0 cm³/mol. The van der Waals surface area contributed by atoms with Crippen molar-refractivity contribution >= 4 is 15.9 Å². The van der Waals surface area contributed by atoms with Gasteiger partial charge in [0.05, 0.1) is 4.90 Å². The van der Waals surface area contributed by atoms with Gasteiger partial charge in [0.25, 0.3) is 5.91 Å². The molecule has 0 aromatic heterocycles. The van der Waals surface area contributed by atoms with E-state index in [1.807, 2.05) is 0 Å². The van der Waals surface area contributed by atoms with Crippen molar-refractivity contribution in [2.24, 2.45) is 17.0 Å². The van der Waals surface area contributed by atoms with Crippen molar-refractivity contribution in [1.82, 2.24) is 4.90 Å². The largest absolute Gasteiger partial charge is 0.341 e. The van der Waals surface area contributed by atoms with Crippen LogP contribution in [0.2, 0.25) is 0 Å². The van der Waals surface area contributed by atoms with Crippen LogP contribution in [0.4, 0.5) is 0 Å². The zero-order chi connectivity index (χ0) is 14.2. The number of primary sulfonamides is 1. The third-order valence-corrected chi connectivity index (χ3v) is 4.45. The molecule has 104 valence electrons. The molecule has 1 amide bonds. The average molecular weight is 282 g/mol. The van der Waals surface area contributed by atoms with Crippen LogP contribution in [0, 0.1) is 11.8 Å². The summed E-state index contributed by atoms with van der Waals surface area (Å²) in [4.78, 5) is 13.8. The van der Waals surface area contributed by atoms with Gasteiger partial charge >= 0.3 is 0 Å². The highest BCUT2D eigenvalue weighted by Gasteiger charge is 2.34. The maximum absolute atomic E-state index is 12.2. The number of carbonyl (C=O) groups is 1. The number of nitrogens with two attached hydrogens (primary N) is 1. The lowest BCUT2D eigenvalue weighted by Crippen LogP contribution is -2.29. The van der Waals surface area contributed by atoms with E-state index in [1.54, 1.807) is 18.0 Å².